The van der Waals surface area contributed by atoms with Gasteiger partial charge in [0, 0.05) is 24.5 Å². The van der Waals surface area contributed by atoms with Crippen molar-refractivity contribution in [3.63, 3.8) is 0 Å². The van der Waals surface area contributed by atoms with E-state index < -0.39 is 0 Å². The first kappa shape index (κ1) is 17.8. The minimum atomic E-state index is 0.273. The average Bonchev–Trinajstić information content (AvgIpc) is 2.99. The lowest BCUT2D eigenvalue weighted by molar-refractivity contribution is 0.0341. The van der Waals surface area contributed by atoms with Gasteiger partial charge >= 0.3 is 0 Å². The highest BCUT2D eigenvalue weighted by Crippen LogP contribution is 2.47. The molecule has 4 rings (SSSR count). The van der Waals surface area contributed by atoms with Gasteiger partial charge in [-0.25, -0.2) is 0 Å². The van der Waals surface area contributed by atoms with Gasteiger partial charge in [0.1, 0.15) is 0 Å². The van der Waals surface area contributed by atoms with Gasteiger partial charge in [0.15, 0.2) is 0 Å². The summed E-state index contributed by atoms with van der Waals surface area (Å²) < 4.78 is 0. The zero-order chi connectivity index (χ0) is 17.4. The Balaban J connectivity index is 1.47. The number of amidine groups is 1. The Bertz CT molecular complexity index is 480. The second kappa shape index (κ2) is 7.56. The van der Waals surface area contributed by atoms with Crippen molar-refractivity contribution in [1.29, 1.82) is 5.41 Å². The Kier molecular flexibility index (Phi) is 5.38. The first-order valence-electron chi connectivity index (χ1n) is 10.9. The normalized spacial score (nSPS) is 44.9. The smallest absolute Gasteiger partial charge is 0.0937 e. The maximum Gasteiger partial charge on any atom is 0.0937 e. The van der Waals surface area contributed by atoms with Crippen LogP contribution in [-0.2, 0) is 0 Å². The number of nitrogens with zero attached hydrogens (tertiary/aromatic N) is 1. The highest BCUT2D eigenvalue weighted by atomic mass is 16.3. The number of fused-ring (bicyclic) bond motifs is 2. The van der Waals surface area contributed by atoms with E-state index in [1.807, 2.05) is 0 Å². The highest BCUT2D eigenvalue weighted by molar-refractivity contribution is 5.79. The molecule has 4 aliphatic rings. The number of aliphatic hydroxyl groups excluding tert-OH is 1. The molecule has 4 fully saturated rings. The van der Waals surface area contributed by atoms with Gasteiger partial charge in [-0.05, 0) is 62.2 Å². The van der Waals surface area contributed by atoms with Crippen molar-refractivity contribution in [2.24, 2.45) is 35.3 Å². The summed E-state index contributed by atoms with van der Waals surface area (Å²) in [5, 5.41) is 17.9. The van der Waals surface area contributed by atoms with Crippen LogP contribution in [-0.4, -0.2) is 41.1 Å². The minimum absolute atomic E-state index is 0.273. The number of aliphatic hydroxyl groups is 1. The molecule has 0 radical (unpaired) electrons. The van der Waals surface area contributed by atoms with Gasteiger partial charge in [-0.2, -0.15) is 0 Å². The molecule has 4 nitrogen and oxygen atoms in total. The van der Waals surface area contributed by atoms with Crippen LogP contribution >= 0.6 is 0 Å². The van der Waals surface area contributed by atoms with Gasteiger partial charge in [-0.15, -0.1) is 0 Å². The second-order valence-electron chi connectivity index (χ2n) is 9.46. The molecule has 3 saturated carbocycles. The first-order chi connectivity index (χ1) is 12.2. The van der Waals surface area contributed by atoms with E-state index in [1.54, 1.807) is 0 Å². The fourth-order valence-electron chi connectivity index (χ4n) is 6.96. The van der Waals surface area contributed by atoms with Gasteiger partial charge in [-0.1, -0.05) is 32.1 Å². The van der Waals surface area contributed by atoms with E-state index in [1.165, 1.54) is 57.9 Å². The van der Waals surface area contributed by atoms with E-state index in [-0.39, 0.29) is 5.92 Å². The molecule has 4 heteroatoms. The van der Waals surface area contributed by atoms with E-state index >= 15 is 0 Å². The third-order valence-corrected chi connectivity index (χ3v) is 8.25. The summed E-state index contributed by atoms with van der Waals surface area (Å²) in [4.78, 5) is 2.68. The molecule has 4 N–H and O–H groups in total. The number of hydrogen-bond donors (Lipinski definition) is 3. The molecule has 3 aliphatic carbocycles. The molecule has 0 bridgehead atoms. The first-order valence-corrected chi connectivity index (χ1v) is 10.9. The van der Waals surface area contributed by atoms with Gasteiger partial charge < -0.3 is 10.8 Å². The maximum atomic E-state index is 10.0. The third kappa shape index (κ3) is 3.49. The molecule has 0 amide bonds. The molecule has 0 spiro atoms. The molecule has 142 valence electrons. The maximum absolute atomic E-state index is 10.0. The van der Waals surface area contributed by atoms with Gasteiger partial charge in [-0.3, -0.25) is 10.3 Å². The van der Waals surface area contributed by atoms with E-state index in [0.717, 1.165) is 42.9 Å². The van der Waals surface area contributed by atoms with E-state index in [4.69, 9.17) is 11.1 Å². The van der Waals surface area contributed by atoms with Crippen LogP contribution in [0.3, 0.4) is 0 Å². The minimum Gasteiger partial charge on any atom is -0.395 e. The van der Waals surface area contributed by atoms with Crippen molar-refractivity contribution in [3.8, 4) is 0 Å². The predicted octanol–water partition coefficient (Wildman–Crippen LogP) is 3.38. The number of rotatable bonds is 4. The quantitative estimate of drug-likeness (QED) is 0.539. The van der Waals surface area contributed by atoms with Gasteiger partial charge in [0.05, 0.1) is 12.4 Å². The molecule has 7 unspecified atom stereocenters. The van der Waals surface area contributed by atoms with Crippen LogP contribution in [0.4, 0.5) is 0 Å². The lowest BCUT2D eigenvalue weighted by Crippen LogP contribution is -2.48. The van der Waals surface area contributed by atoms with Crippen LogP contribution in [0.2, 0.25) is 0 Å². The number of likely N-dealkylation sites (tertiary alicyclic amines) is 1. The van der Waals surface area contributed by atoms with Crippen molar-refractivity contribution < 1.29 is 5.11 Å². The molecular weight excluding hydrogens is 310 g/mol. The Labute approximate surface area is 153 Å². The summed E-state index contributed by atoms with van der Waals surface area (Å²) in [6.45, 7) is 1.50. The van der Waals surface area contributed by atoms with Gasteiger partial charge in [0.2, 0.25) is 0 Å². The zero-order valence-corrected chi connectivity index (χ0v) is 15.7. The SMILES string of the molecule is N=C(N)C1CCC2CC(CO)N(CC3CCCC4CCCCC43)C2C1. The Morgan fingerprint density at radius 2 is 1.76 bits per heavy atom. The van der Waals surface area contributed by atoms with E-state index in [2.05, 4.69) is 4.90 Å². The van der Waals surface area contributed by atoms with Crippen molar-refractivity contribution in [2.75, 3.05) is 13.2 Å². The fourth-order valence-corrected chi connectivity index (χ4v) is 6.96. The molecule has 0 aromatic rings. The summed E-state index contributed by atoms with van der Waals surface area (Å²) >= 11 is 0. The summed E-state index contributed by atoms with van der Waals surface area (Å²) in [5.41, 5.74) is 5.85. The summed E-state index contributed by atoms with van der Waals surface area (Å²) in [6.07, 6.45) is 14.5. The largest absolute Gasteiger partial charge is 0.395 e. The lowest BCUT2D eigenvalue weighted by Gasteiger charge is -2.45. The fraction of sp³-hybridized carbons (Fsp3) is 0.952. The molecule has 1 aliphatic heterocycles. The van der Waals surface area contributed by atoms with Crippen LogP contribution in [0.5, 0.6) is 0 Å². The lowest BCUT2D eigenvalue weighted by atomic mass is 9.65. The van der Waals surface area contributed by atoms with Crippen molar-refractivity contribution in [3.05, 3.63) is 0 Å². The Hall–Kier alpha value is -0.610. The predicted molar refractivity (Wildman–Crippen MR) is 102 cm³/mol. The molecular formula is C21H37N3O. The van der Waals surface area contributed by atoms with Crippen molar-refractivity contribution in [2.45, 2.75) is 82.7 Å². The van der Waals surface area contributed by atoms with E-state index in [9.17, 15) is 5.11 Å². The van der Waals surface area contributed by atoms with Crippen molar-refractivity contribution >= 4 is 5.84 Å². The Morgan fingerprint density at radius 3 is 2.56 bits per heavy atom. The van der Waals surface area contributed by atoms with Crippen LogP contribution in [0, 0.1) is 35.0 Å². The van der Waals surface area contributed by atoms with Crippen LogP contribution < -0.4 is 5.73 Å². The zero-order valence-electron chi connectivity index (χ0n) is 15.7. The molecule has 1 saturated heterocycles. The standard InChI is InChI=1S/C21H37N3O/c22-21(23)16-9-8-15-10-18(13-25)24(20(15)11-16)12-17-6-3-5-14-4-1-2-7-19(14)17/h14-20,25H,1-13H2,(H3,22,23). The summed E-state index contributed by atoms with van der Waals surface area (Å²) in [7, 11) is 0. The van der Waals surface area contributed by atoms with Crippen LogP contribution in [0.1, 0.15) is 70.6 Å². The second-order valence-corrected chi connectivity index (χ2v) is 9.46. The van der Waals surface area contributed by atoms with E-state index in [0.29, 0.717) is 24.5 Å². The number of hydrogen-bond acceptors (Lipinski definition) is 3. The average molecular weight is 348 g/mol. The monoisotopic (exact) mass is 347 g/mol. The molecule has 7 atom stereocenters. The third-order valence-electron chi connectivity index (χ3n) is 8.25. The summed E-state index contributed by atoms with van der Waals surface area (Å²) in [5.74, 6) is 4.14. The van der Waals surface area contributed by atoms with Crippen LogP contribution in [0.25, 0.3) is 0 Å². The Morgan fingerprint density at radius 1 is 0.960 bits per heavy atom. The topological polar surface area (TPSA) is 73.3 Å². The number of nitrogens with two attached hydrogens (primary N) is 1. The number of nitrogens with one attached hydrogen (secondary N) is 1. The van der Waals surface area contributed by atoms with Gasteiger partial charge in [0.25, 0.3) is 0 Å². The molecule has 0 aromatic heterocycles. The molecule has 0 aromatic carbocycles. The highest BCUT2D eigenvalue weighted by Gasteiger charge is 2.46. The molecule has 1 heterocycles. The summed E-state index contributed by atoms with van der Waals surface area (Å²) in [6, 6.07) is 0.911. The van der Waals surface area contributed by atoms with Crippen molar-refractivity contribution in [1.82, 2.24) is 4.90 Å². The molecule has 25 heavy (non-hydrogen) atoms. The van der Waals surface area contributed by atoms with Crippen LogP contribution in [0.15, 0.2) is 0 Å².